The van der Waals surface area contributed by atoms with Crippen molar-refractivity contribution in [2.24, 2.45) is 23.7 Å². The Morgan fingerprint density at radius 3 is 2.37 bits per heavy atom. The highest BCUT2D eigenvalue weighted by Gasteiger charge is 2.59. The minimum atomic E-state index is -0.773. The van der Waals surface area contributed by atoms with Crippen LogP contribution in [0.25, 0.3) is 10.8 Å². The molecule has 0 spiro atoms. The fourth-order valence-corrected chi connectivity index (χ4v) is 4.96. The average molecular weight is 404 g/mol. The predicted octanol–water partition coefficient (Wildman–Crippen LogP) is 2.13. The number of rotatable bonds is 5. The summed E-state index contributed by atoms with van der Waals surface area (Å²) >= 11 is 0. The number of esters is 1. The minimum absolute atomic E-state index is 0.0870. The summed E-state index contributed by atoms with van der Waals surface area (Å²) in [6.45, 7) is -0.941. The Balaban J connectivity index is 1.17. The molecule has 4 atom stereocenters. The van der Waals surface area contributed by atoms with Crippen LogP contribution in [0.3, 0.4) is 0 Å². The van der Waals surface area contributed by atoms with Gasteiger partial charge in [0.1, 0.15) is 6.54 Å². The third-order valence-electron chi connectivity index (χ3n) is 6.28. The summed E-state index contributed by atoms with van der Waals surface area (Å²) in [7, 11) is 0. The maximum Gasteiger partial charge on any atom is 0.326 e. The predicted molar refractivity (Wildman–Crippen MR) is 108 cm³/mol. The van der Waals surface area contributed by atoms with Gasteiger partial charge in [0.15, 0.2) is 6.61 Å². The maximum atomic E-state index is 12.6. The van der Waals surface area contributed by atoms with Crippen molar-refractivity contribution in [3.63, 3.8) is 0 Å². The molecule has 2 fully saturated rings. The molecule has 7 heteroatoms. The molecule has 7 nitrogen and oxygen atoms in total. The Labute approximate surface area is 172 Å². The SMILES string of the molecule is O=C(COC(=O)CN1C(=O)[C@@H]2[C@H](C1=O)[C@H]1C=C[C@H]2C1)Nc1cccc2ccccc12. The van der Waals surface area contributed by atoms with Crippen LogP contribution < -0.4 is 5.32 Å². The van der Waals surface area contributed by atoms with E-state index in [-0.39, 0.29) is 35.5 Å². The van der Waals surface area contributed by atoms with Crippen LogP contribution in [0.1, 0.15) is 6.42 Å². The number of carbonyl (C=O) groups is 4. The number of hydrogen-bond acceptors (Lipinski definition) is 5. The molecule has 2 aromatic rings. The van der Waals surface area contributed by atoms with Gasteiger partial charge in [0.2, 0.25) is 11.8 Å². The van der Waals surface area contributed by atoms with Crippen LogP contribution in [0.5, 0.6) is 0 Å². The molecule has 3 aliphatic rings. The van der Waals surface area contributed by atoms with Gasteiger partial charge in [-0.15, -0.1) is 0 Å². The summed E-state index contributed by atoms with van der Waals surface area (Å²) in [6, 6.07) is 13.1. The molecule has 2 bridgehead atoms. The van der Waals surface area contributed by atoms with Gasteiger partial charge in [-0.2, -0.15) is 0 Å². The Hall–Kier alpha value is -3.48. The van der Waals surface area contributed by atoms with Gasteiger partial charge in [0, 0.05) is 11.1 Å². The van der Waals surface area contributed by atoms with E-state index in [4.69, 9.17) is 4.74 Å². The molecule has 30 heavy (non-hydrogen) atoms. The summed E-state index contributed by atoms with van der Waals surface area (Å²) in [5.41, 5.74) is 0.620. The number of fused-ring (bicyclic) bond motifs is 6. The summed E-state index contributed by atoms with van der Waals surface area (Å²) < 4.78 is 5.03. The van der Waals surface area contributed by atoms with Gasteiger partial charge in [0.05, 0.1) is 11.8 Å². The monoisotopic (exact) mass is 404 g/mol. The number of anilines is 1. The van der Waals surface area contributed by atoms with Crippen LogP contribution in [0.4, 0.5) is 5.69 Å². The maximum absolute atomic E-state index is 12.6. The van der Waals surface area contributed by atoms with Crippen LogP contribution in [-0.2, 0) is 23.9 Å². The number of carbonyl (C=O) groups excluding carboxylic acids is 4. The molecule has 1 N–H and O–H groups in total. The first-order valence-electron chi connectivity index (χ1n) is 10.00. The number of nitrogens with one attached hydrogen (secondary N) is 1. The van der Waals surface area contributed by atoms with Crippen LogP contribution in [0.15, 0.2) is 54.6 Å². The zero-order valence-electron chi connectivity index (χ0n) is 16.1. The first kappa shape index (κ1) is 18.5. The largest absolute Gasteiger partial charge is 0.454 e. The van der Waals surface area contributed by atoms with E-state index in [0.29, 0.717) is 5.69 Å². The lowest BCUT2D eigenvalue weighted by Crippen LogP contribution is -2.38. The average Bonchev–Trinajstić information content (AvgIpc) is 3.43. The van der Waals surface area contributed by atoms with Gasteiger partial charge in [-0.05, 0) is 29.7 Å². The second-order valence-corrected chi connectivity index (χ2v) is 8.00. The molecule has 1 saturated heterocycles. The molecule has 152 valence electrons. The summed E-state index contributed by atoms with van der Waals surface area (Å²) in [4.78, 5) is 50.6. The lowest BCUT2D eigenvalue weighted by Gasteiger charge is -2.16. The van der Waals surface area contributed by atoms with Gasteiger partial charge in [-0.1, -0.05) is 48.6 Å². The van der Waals surface area contributed by atoms with Crippen LogP contribution >= 0.6 is 0 Å². The lowest BCUT2D eigenvalue weighted by atomic mass is 9.85. The lowest BCUT2D eigenvalue weighted by molar-refractivity contribution is -0.154. The number of allylic oxidation sites excluding steroid dienone is 2. The van der Waals surface area contributed by atoms with Crippen molar-refractivity contribution in [2.75, 3.05) is 18.5 Å². The fourth-order valence-electron chi connectivity index (χ4n) is 4.96. The van der Waals surface area contributed by atoms with E-state index in [1.54, 1.807) is 6.07 Å². The van der Waals surface area contributed by atoms with Crippen LogP contribution in [-0.4, -0.2) is 41.7 Å². The highest BCUT2D eigenvalue weighted by Crippen LogP contribution is 2.52. The van der Waals surface area contributed by atoms with Gasteiger partial charge in [0.25, 0.3) is 5.91 Å². The van der Waals surface area contributed by atoms with Gasteiger partial charge >= 0.3 is 5.97 Å². The van der Waals surface area contributed by atoms with Gasteiger partial charge in [-0.3, -0.25) is 24.1 Å². The van der Waals surface area contributed by atoms with E-state index in [0.717, 1.165) is 22.1 Å². The molecule has 2 aliphatic carbocycles. The van der Waals surface area contributed by atoms with Crippen molar-refractivity contribution in [1.29, 1.82) is 0 Å². The van der Waals surface area contributed by atoms with Crippen LogP contribution in [0, 0.1) is 23.7 Å². The van der Waals surface area contributed by atoms with Crippen molar-refractivity contribution in [2.45, 2.75) is 6.42 Å². The number of hydrogen-bond donors (Lipinski definition) is 1. The molecule has 0 aromatic heterocycles. The second-order valence-electron chi connectivity index (χ2n) is 8.00. The zero-order chi connectivity index (χ0) is 20.8. The Bertz CT molecular complexity index is 1070. The molecule has 0 radical (unpaired) electrons. The molecule has 1 aliphatic heterocycles. The van der Waals surface area contributed by atoms with E-state index in [2.05, 4.69) is 5.32 Å². The highest BCUT2D eigenvalue weighted by atomic mass is 16.5. The van der Waals surface area contributed by atoms with E-state index < -0.39 is 25.0 Å². The molecule has 1 heterocycles. The van der Waals surface area contributed by atoms with Crippen molar-refractivity contribution in [3.05, 3.63) is 54.6 Å². The van der Waals surface area contributed by atoms with E-state index in [1.165, 1.54) is 0 Å². The zero-order valence-corrected chi connectivity index (χ0v) is 16.1. The topological polar surface area (TPSA) is 92.8 Å². The summed E-state index contributed by atoms with van der Waals surface area (Å²) in [5.74, 6) is -2.40. The number of ether oxygens (including phenoxy) is 1. The normalized spacial score (nSPS) is 26.3. The smallest absolute Gasteiger partial charge is 0.326 e. The van der Waals surface area contributed by atoms with Crippen molar-refractivity contribution in [1.82, 2.24) is 4.90 Å². The standard InChI is InChI=1S/C23H20N2O5/c26-18(24-17-7-3-5-13-4-1-2-6-16(13)17)12-30-19(27)11-25-22(28)20-14-8-9-15(10-14)21(20)23(25)29/h1-9,14-15,20-21H,10-12H2,(H,24,26)/t14-,15-,20-,21+/m0/s1. The Morgan fingerprint density at radius 2 is 1.63 bits per heavy atom. The van der Waals surface area contributed by atoms with Crippen molar-refractivity contribution >= 4 is 40.2 Å². The number of amides is 3. The van der Waals surface area contributed by atoms with Gasteiger partial charge in [-0.25, -0.2) is 0 Å². The molecular formula is C23H20N2O5. The molecule has 0 unspecified atom stereocenters. The fraction of sp³-hybridized carbons (Fsp3) is 0.304. The second kappa shape index (κ2) is 7.09. The van der Waals surface area contributed by atoms with E-state index >= 15 is 0 Å². The van der Waals surface area contributed by atoms with Crippen LogP contribution in [0.2, 0.25) is 0 Å². The van der Waals surface area contributed by atoms with E-state index in [1.807, 2.05) is 48.6 Å². The highest BCUT2D eigenvalue weighted by molar-refractivity contribution is 6.08. The molecular weight excluding hydrogens is 384 g/mol. The molecule has 2 aromatic carbocycles. The minimum Gasteiger partial charge on any atom is -0.454 e. The first-order chi connectivity index (χ1) is 14.5. The summed E-state index contributed by atoms with van der Waals surface area (Å²) in [5, 5.41) is 4.59. The van der Waals surface area contributed by atoms with Gasteiger partial charge < -0.3 is 10.1 Å². The number of benzene rings is 2. The first-order valence-corrected chi connectivity index (χ1v) is 10.00. The van der Waals surface area contributed by atoms with Crippen molar-refractivity contribution in [3.8, 4) is 0 Å². The quantitative estimate of drug-likeness (QED) is 0.468. The summed E-state index contributed by atoms with van der Waals surface area (Å²) in [6.07, 6.45) is 4.83. The third-order valence-corrected chi connectivity index (χ3v) is 6.28. The Morgan fingerprint density at radius 1 is 0.967 bits per heavy atom. The number of imide groups is 1. The molecule has 3 amide bonds. The molecule has 1 saturated carbocycles. The van der Waals surface area contributed by atoms with Crippen molar-refractivity contribution < 1.29 is 23.9 Å². The molecule has 5 rings (SSSR count). The Kier molecular flexibility index (Phi) is 4.38. The van der Waals surface area contributed by atoms with E-state index in [9.17, 15) is 19.2 Å². The number of likely N-dealkylation sites (tertiary alicyclic amines) is 1. The number of nitrogens with zero attached hydrogens (tertiary/aromatic N) is 1. The third kappa shape index (κ3) is 2.98.